The highest BCUT2D eigenvalue weighted by Crippen LogP contribution is 2.24. The highest BCUT2D eigenvalue weighted by Gasteiger charge is 2.17. The summed E-state index contributed by atoms with van der Waals surface area (Å²) in [6.45, 7) is 0. The van der Waals surface area contributed by atoms with Crippen LogP contribution in [-0.4, -0.2) is 21.0 Å². The summed E-state index contributed by atoms with van der Waals surface area (Å²) < 4.78 is 0. The highest BCUT2D eigenvalue weighted by molar-refractivity contribution is 7.13. The van der Waals surface area contributed by atoms with Crippen molar-refractivity contribution in [2.75, 3.05) is 0 Å². The van der Waals surface area contributed by atoms with Crippen LogP contribution in [0.5, 0.6) is 0 Å². The summed E-state index contributed by atoms with van der Waals surface area (Å²) in [6, 6.07) is 2.57. The van der Waals surface area contributed by atoms with E-state index in [0.29, 0.717) is 5.69 Å². The molecule has 0 spiro atoms. The number of carboxylic acid groups (broad SMARTS) is 1. The fourth-order valence-electron chi connectivity index (χ4n) is 1.18. The van der Waals surface area contributed by atoms with Gasteiger partial charge in [-0.05, 0) is 12.1 Å². The number of aromatic nitrogens is 2. The lowest BCUT2D eigenvalue weighted by molar-refractivity contribution is -0.138. The number of aliphatic carboxylic acids is 1. The van der Waals surface area contributed by atoms with E-state index in [4.69, 9.17) is 10.8 Å². The van der Waals surface area contributed by atoms with E-state index in [1.807, 2.05) is 12.1 Å². The fraction of sp³-hybridized carbons (Fsp3) is 0.100. The van der Waals surface area contributed by atoms with Crippen LogP contribution in [0.3, 0.4) is 0 Å². The number of nitrogens with two attached hydrogens (primary N) is 1. The van der Waals surface area contributed by atoms with Gasteiger partial charge in [-0.2, -0.15) is 0 Å². The Kier molecular flexibility index (Phi) is 2.93. The molecule has 16 heavy (non-hydrogen) atoms. The third kappa shape index (κ3) is 2.07. The maximum absolute atomic E-state index is 10.7. The van der Waals surface area contributed by atoms with E-state index >= 15 is 0 Å². The van der Waals surface area contributed by atoms with Crippen LogP contribution in [0.2, 0.25) is 0 Å². The molecule has 0 amide bonds. The summed E-state index contributed by atoms with van der Waals surface area (Å²) in [5, 5.41) is 11.2. The molecule has 0 radical (unpaired) electrons. The van der Waals surface area contributed by atoms with Gasteiger partial charge in [0, 0.05) is 23.3 Å². The van der Waals surface area contributed by atoms with Crippen LogP contribution in [0.15, 0.2) is 29.9 Å². The van der Waals surface area contributed by atoms with E-state index in [1.165, 1.54) is 11.3 Å². The lowest BCUT2D eigenvalue weighted by Crippen LogP contribution is -2.20. The molecule has 0 aliphatic rings. The van der Waals surface area contributed by atoms with Crippen molar-refractivity contribution in [2.24, 2.45) is 5.73 Å². The summed E-state index contributed by atoms with van der Waals surface area (Å²) >= 11 is 1.37. The topological polar surface area (TPSA) is 89.1 Å². The Hall–Kier alpha value is -1.79. The van der Waals surface area contributed by atoms with Crippen LogP contribution < -0.4 is 5.73 Å². The van der Waals surface area contributed by atoms with E-state index in [0.717, 1.165) is 10.6 Å². The predicted molar refractivity (Wildman–Crippen MR) is 59.9 cm³/mol. The van der Waals surface area contributed by atoms with Gasteiger partial charge in [0.1, 0.15) is 11.0 Å². The minimum atomic E-state index is -1.08. The second-order valence-corrected chi connectivity index (χ2v) is 3.99. The molecule has 6 heteroatoms. The molecule has 5 nitrogen and oxygen atoms in total. The monoisotopic (exact) mass is 235 g/mol. The van der Waals surface area contributed by atoms with E-state index in [-0.39, 0.29) is 0 Å². The minimum Gasteiger partial charge on any atom is -0.480 e. The molecule has 0 aliphatic heterocycles. The number of thiazole rings is 1. The second kappa shape index (κ2) is 4.38. The number of hydrogen-bond donors (Lipinski definition) is 2. The first-order valence-corrected chi connectivity index (χ1v) is 5.40. The predicted octanol–water partition coefficient (Wildman–Crippen LogP) is 1.29. The van der Waals surface area contributed by atoms with E-state index < -0.39 is 12.0 Å². The summed E-state index contributed by atoms with van der Waals surface area (Å²) in [4.78, 5) is 18.8. The van der Waals surface area contributed by atoms with Crippen molar-refractivity contribution in [3.63, 3.8) is 0 Å². The molecule has 0 fully saturated rings. The zero-order valence-corrected chi connectivity index (χ0v) is 9.02. The van der Waals surface area contributed by atoms with Crippen LogP contribution in [0.4, 0.5) is 0 Å². The van der Waals surface area contributed by atoms with Gasteiger partial charge >= 0.3 is 5.97 Å². The standard InChI is InChI=1S/C10H9N3O2S/c11-8(10(14)15)7-5-16-9(13-7)6-1-3-12-4-2-6/h1-5,8H,11H2,(H,14,15). The van der Waals surface area contributed by atoms with Gasteiger partial charge in [-0.3, -0.25) is 9.78 Å². The summed E-state index contributed by atoms with van der Waals surface area (Å²) in [6.07, 6.45) is 3.32. The molecular formula is C10H9N3O2S. The first kappa shape index (κ1) is 10.7. The van der Waals surface area contributed by atoms with E-state index in [1.54, 1.807) is 17.8 Å². The van der Waals surface area contributed by atoms with E-state index in [9.17, 15) is 4.79 Å². The average molecular weight is 235 g/mol. The molecule has 82 valence electrons. The quantitative estimate of drug-likeness (QED) is 0.836. The normalized spacial score (nSPS) is 12.3. The number of rotatable bonds is 3. The van der Waals surface area contributed by atoms with Crippen LogP contribution in [-0.2, 0) is 4.79 Å². The van der Waals surface area contributed by atoms with Crippen LogP contribution in [0.1, 0.15) is 11.7 Å². The molecule has 2 heterocycles. The Morgan fingerprint density at radius 2 is 2.12 bits per heavy atom. The zero-order valence-electron chi connectivity index (χ0n) is 8.20. The molecule has 0 aliphatic carbocycles. The van der Waals surface area contributed by atoms with Gasteiger partial charge < -0.3 is 10.8 Å². The smallest absolute Gasteiger partial charge is 0.326 e. The largest absolute Gasteiger partial charge is 0.480 e. The molecule has 3 N–H and O–H groups in total. The molecule has 0 aromatic carbocycles. The Morgan fingerprint density at radius 3 is 2.75 bits per heavy atom. The Morgan fingerprint density at radius 1 is 1.44 bits per heavy atom. The maximum atomic E-state index is 10.7. The van der Waals surface area contributed by atoms with Gasteiger partial charge in [-0.25, -0.2) is 4.98 Å². The minimum absolute atomic E-state index is 0.379. The molecule has 2 aromatic rings. The molecule has 2 aromatic heterocycles. The first-order chi connectivity index (χ1) is 7.68. The third-order valence-electron chi connectivity index (χ3n) is 2.03. The highest BCUT2D eigenvalue weighted by atomic mass is 32.1. The van der Waals surface area contributed by atoms with Crippen molar-refractivity contribution in [1.29, 1.82) is 0 Å². The molecule has 0 bridgehead atoms. The van der Waals surface area contributed by atoms with Gasteiger partial charge in [-0.1, -0.05) is 0 Å². The van der Waals surface area contributed by atoms with Gasteiger partial charge in [0.25, 0.3) is 0 Å². The van der Waals surface area contributed by atoms with Crippen LogP contribution >= 0.6 is 11.3 Å². The molecule has 0 saturated carbocycles. The maximum Gasteiger partial charge on any atom is 0.326 e. The van der Waals surface area contributed by atoms with Gasteiger partial charge in [0.05, 0.1) is 5.69 Å². The van der Waals surface area contributed by atoms with Crippen molar-refractivity contribution in [1.82, 2.24) is 9.97 Å². The molecule has 2 rings (SSSR count). The number of carboxylic acids is 1. The summed E-state index contributed by atoms with van der Waals surface area (Å²) in [7, 11) is 0. The number of nitrogens with zero attached hydrogens (tertiary/aromatic N) is 2. The SMILES string of the molecule is NC(C(=O)O)c1csc(-c2ccncc2)n1. The van der Waals surface area contributed by atoms with Gasteiger partial charge in [0.15, 0.2) is 0 Å². The Bertz CT molecular complexity index is 498. The Labute approximate surface area is 95.6 Å². The van der Waals surface area contributed by atoms with Crippen LogP contribution in [0, 0.1) is 0 Å². The zero-order chi connectivity index (χ0) is 11.5. The summed E-state index contributed by atoms with van der Waals surface area (Å²) in [5.41, 5.74) is 6.75. The molecule has 1 unspecified atom stereocenters. The Balaban J connectivity index is 2.30. The molecule has 0 saturated heterocycles. The summed E-state index contributed by atoms with van der Waals surface area (Å²) in [5.74, 6) is -1.08. The van der Waals surface area contributed by atoms with Crippen molar-refractivity contribution in [3.05, 3.63) is 35.6 Å². The lowest BCUT2D eigenvalue weighted by Gasteiger charge is -2.00. The lowest BCUT2D eigenvalue weighted by atomic mass is 10.2. The number of pyridine rings is 1. The van der Waals surface area contributed by atoms with Gasteiger partial charge in [-0.15, -0.1) is 11.3 Å². The first-order valence-electron chi connectivity index (χ1n) is 4.52. The molecular weight excluding hydrogens is 226 g/mol. The van der Waals surface area contributed by atoms with Crippen molar-refractivity contribution in [3.8, 4) is 10.6 Å². The van der Waals surface area contributed by atoms with E-state index in [2.05, 4.69) is 9.97 Å². The van der Waals surface area contributed by atoms with Crippen molar-refractivity contribution < 1.29 is 9.90 Å². The fourth-order valence-corrected chi connectivity index (χ4v) is 2.04. The second-order valence-electron chi connectivity index (χ2n) is 3.13. The van der Waals surface area contributed by atoms with Crippen LogP contribution in [0.25, 0.3) is 10.6 Å². The number of carbonyl (C=O) groups is 1. The molecule has 1 atom stereocenters. The third-order valence-corrected chi connectivity index (χ3v) is 2.94. The van der Waals surface area contributed by atoms with Crippen molar-refractivity contribution >= 4 is 17.3 Å². The number of hydrogen-bond acceptors (Lipinski definition) is 5. The van der Waals surface area contributed by atoms with Crippen molar-refractivity contribution in [2.45, 2.75) is 6.04 Å². The average Bonchev–Trinajstić information content (AvgIpc) is 2.78. The van der Waals surface area contributed by atoms with Gasteiger partial charge in [0.2, 0.25) is 0 Å².